The lowest BCUT2D eigenvalue weighted by Crippen LogP contribution is -2.31. The number of imide groups is 1. The summed E-state index contributed by atoms with van der Waals surface area (Å²) in [5.41, 5.74) is 0.0786. The predicted octanol–water partition coefficient (Wildman–Crippen LogP) is 4.21. The predicted molar refractivity (Wildman–Crippen MR) is 72.7 cm³/mol. The van der Waals surface area contributed by atoms with Crippen molar-refractivity contribution in [3.63, 3.8) is 0 Å². The van der Waals surface area contributed by atoms with Gasteiger partial charge in [0.1, 0.15) is 10.1 Å². The monoisotopic (exact) mass is 343 g/mol. The molecule has 18 heavy (non-hydrogen) atoms. The number of halogens is 5. The van der Waals surface area contributed by atoms with Crippen molar-refractivity contribution in [2.75, 3.05) is 4.90 Å². The molecule has 2 amide bonds. The van der Waals surface area contributed by atoms with Crippen LogP contribution in [0.3, 0.4) is 0 Å². The molecule has 0 aliphatic carbocycles. The molecule has 0 fully saturated rings. The molecule has 2 rings (SSSR count). The number of nitrogens with zero attached hydrogens (tertiary/aromatic N) is 1. The average molecular weight is 345 g/mol. The Morgan fingerprint density at radius 3 is 1.78 bits per heavy atom. The van der Waals surface area contributed by atoms with Crippen molar-refractivity contribution in [2.24, 2.45) is 0 Å². The Hall–Kier alpha value is -0.450. The number of hydrogen-bond donors (Lipinski definition) is 0. The smallest absolute Gasteiger partial charge is 0.267 e. The van der Waals surface area contributed by atoms with E-state index in [-0.39, 0.29) is 30.8 Å². The third kappa shape index (κ3) is 2.00. The number of carbonyl (C=O) groups excluding carboxylic acids is 2. The normalized spacial score (nSPS) is 15.9. The Balaban J connectivity index is 2.57. The summed E-state index contributed by atoms with van der Waals surface area (Å²) in [6.45, 7) is 0. The van der Waals surface area contributed by atoms with Gasteiger partial charge in [-0.15, -0.1) is 0 Å². The average Bonchev–Trinajstić information content (AvgIpc) is 2.53. The van der Waals surface area contributed by atoms with Gasteiger partial charge in [0.15, 0.2) is 0 Å². The van der Waals surface area contributed by atoms with E-state index in [1.165, 1.54) is 12.1 Å². The van der Waals surface area contributed by atoms with Crippen LogP contribution in [0, 0.1) is 0 Å². The molecule has 0 saturated carbocycles. The quantitative estimate of drug-likeness (QED) is 0.565. The fourth-order valence-corrected chi connectivity index (χ4v) is 2.33. The summed E-state index contributed by atoms with van der Waals surface area (Å²) in [5, 5.41) is -0.500. The van der Waals surface area contributed by atoms with Crippen LogP contribution in [0.4, 0.5) is 5.69 Å². The van der Waals surface area contributed by atoms with E-state index in [4.69, 9.17) is 58.0 Å². The van der Waals surface area contributed by atoms with Crippen LogP contribution in [-0.4, -0.2) is 11.8 Å². The van der Waals surface area contributed by atoms with Gasteiger partial charge in [-0.05, 0) is 12.1 Å². The fraction of sp³-hybridized carbons (Fsp3) is 0. The van der Waals surface area contributed by atoms with Gasteiger partial charge in [-0.3, -0.25) is 9.59 Å². The molecule has 1 aliphatic rings. The SMILES string of the molecule is O=C1C(Cl)=C(Cl)C(=O)N1c1ccc(Cl)c(Cl)c1Cl. The van der Waals surface area contributed by atoms with E-state index in [9.17, 15) is 9.59 Å². The first-order valence-electron chi connectivity index (χ1n) is 4.43. The summed E-state index contributed by atoms with van der Waals surface area (Å²) in [4.78, 5) is 24.3. The van der Waals surface area contributed by atoms with Gasteiger partial charge in [-0.2, -0.15) is 0 Å². The number of benzene rings is 1. The summed E-state index contributed by atoms with van der Waals surface area (Å²) in [6.07, 6.45) is 0. The van der Waals surface area contributed by atoms with Crippen molar-refractivity contribution >= 4 is 75.5 Å². The highest BCUT2D eigenvalue weighted by Gasteiger charge is 2.39. The van der Waals surface area contributed by atoms with E-state index in [2.05, 4.69) is 0 Å². The van der Waals surface area contributed by atoms with Gasteiger partial charge in [0, 0.05) is 0 Å². The van der Waals surface area contributed by atoms with Gasteiger partial charge < -0.3 is 0 Å². The molecule has 8 heteroatoms. The molecule has 0 radical (unpaired) electrons. The van der Waals surface area contributed by atoms with E-state index >= 15 is 0 Å². The van der Waals surface area contributed by atoms with Gasteiger partial charge in [0.25, 0.3) is 11.8 Å². The second-order valence-corrected chi connectivity index (χ2v) is 5.19. The van der Waals surface area contributed by atoms with Crippen molar-refractivity contribution in [3.05, 3.63) is 37.3 Å². The summed E-state index contributed by atoms with van der Waals surface area (Å²) >= 11 is 28.7. The van der Waals surface area contributed by atoms with Crippen LogP contribution < -0.4 is 4.90 Å². The van der Waals surface area contributed by atoms with Gasteiger partial charge in [-0.25, -0.2) is 4.90 Å². The van der Waals surface area contributed by atoms with Crippen LogP contribution in [0.1, 0.15) is 0 Å². The number of anilines is 1. The van der Waals surface area contributed by atoms with Gasteiger partial charge in [0.05, 0.1) is 20.8 Å². The lowest BCUT2D eigenvalue weighted by Gasteiger charge is -2.16. The highest BCUT2D eigenvalue weighted by molar-refractivity contribution is 6.63. The third-order valence-electron chi connectivity index (χ3n) is 2.23. The van der Waals surface area contributed by atoms with Gasteiger partial charge in [-0.1, -0.05) is 58.0 Å². The summed E-state index contributed by atoms with van der Waals surface area (Å²) in [7, 11) is 0. The molecule has 1 aromatic rings. The molecular weight excluding hydrogens is 343 g/mol. The first kappa shape index (κ1) is 14.0. The molecule has 0 bridgehead atoms. The Bertz CT molecular complexity index is 587. The molecule has 0 spiro atoms. The molecule has 1 heterocycles. The number of hydrogen-bond acceptors (Lipinski definition) is 2. The van der Waals surface area contributed by atoms with E-state index < -0.39 is 11.8 Å². The number of carbonyl (C=O) groups is 2. The maximum absolute atomic E-state index is 11.8. The van der Waals surface area contributed by atoms with Crippen LogP contribution >= 0.6 is 58.0 Å². The zero-order valence-corrected chi connectivity index (χ0v) is 12.1. The standard InChI is InChI=1S/C10H2Cl5NO2/c11-3-1-2-4(6(13)5(3)12)16-9(17)7(14)8(15)10(16)18/h1-2H. The molecule has 3 nitrogen and oxygen atoms in total. The van der Waals surface area contributed by atoms with Crippen LogP contribution in [0.2, 0.25) is 15.1 Å². The molecule has 0 N–H and O–H groups in total. The Morgan fingerprint density at radius 2 is 1.28 bits per heavy atom. The van der Waals surface area contributed by atoms with Crippen molar-refractivity contribution in [3.8, 4) is 0 Å². The van der Waals surface area contributed by atoms with Crippen molar-refractivity contribution in [1.82, 2.24) is 0 Å². The summed E-state index contributed by atoms with van der Waals surface area (Å²) in [5.74, 6) is -1.51. The van der Waals surface area contributed by atoms with Crippen LogP contribution in [0.15, 0.2) is 22.2 Å². The number of amides is 2. The molecule has 0 saturated heterocycles. The van der Waals surface area contributed by atoms with Crippen molar-refractivity contribution < 1.29 is 9.59 Å². The summed E-state index contributed by atoms with van der Waals surface area (Å²) in [6, 6.07) is 2.79. The van der Waals surface area contributed by atoms with Crippen LogP contribution in [-0.2, 0) is 9.59 Å². The highest BCUT2D eigenvalue weighted by Crippen LogP contribution is 2.40. The molecule has 94 valence electrons. The molecule has 1 aromatic carbocycles. The number of rotatable bonds is 1. The minimum Gasteiger partial charge on any atom is -0.267 e. The molecular formula is C10H2Cl5NO2. The molecule has 0 aromatic heterocycles. The second kappa shape index (κ2) is 4.91. The lowest BCUT2D eigenvalue weighted by molar-refractivity contribution is -0.120. The van der Waals surface area contributed by atoms with Crippen LogP contribution in [0.5, 0.6) is 0 Å². The van der Waals surface area contributed by atoms with Crippen LogP contribution in [0.25, 0.3) is 0 Å². The third-order valence-corrected chi connectivity index (χ3v) is 4.31. The van der Waals surface area contributed by atoms with E-state index in [0.717, 1.165) is 4.90 Å². The highest BCUT2D eigenvalue weighted by atomic mass is 35.5. The fourth-order valence-electron chi connectivity index (χ4n) is 1.38. The Kier molecular flexibility index (Phi) is 3.81. The zero-order valence-electron chi connectivity index (χ0n) is 8.31. The molecule has 1 aliphatic heterocycles. The van der Waals surface area contributed by atoms with Crippen molar-refractivity contribution in [2.45, 2.75) is 0 Å². The van der Waals surface area contributed by atoms with E-state index in [1.807, 2.05) is 0 Å². The Labute approximate surface area is 127 Å². The topological polar surface area (TPSA) is 37.4 Å². The lowest BCUT2D eigenvalue weighted by atomic mass is 10.3. The van der Waals surface area contributed by atoms with Gasteiger partial charge in [0.2, 0.25) is 0 Å². The minimum atomic E-state index is -0.757. The van der Waals surface area contributed by atoms with E-state index in [1.54, 1.807) is 0 Å². The van der Waals surface area contributed by atoms with Gasteiger partial charge >= 0.3 is 0 Å². The second-order valence-electron chi connectivity index (χ2n) is 3.27. The first-order chi connectivity index (χ1) is 8.36. The molecule has 0 atom stereocenters. The Morgan fingerprint density at radius 1 is 0.778 bits per heavy atom. The van der Waals surface area contributed by atoms with Crippen molar-refractivity contribution in [1.29, 1.82) is 0 Å². The summed E-state index contributed by atoms with van der Waals surface area (Å²) < 4.78 is 0. The largest absolute Gasteiger partial charge is 0.278 e. The zero-order chi connectivity index (χ0) is 13.6. The maximum Gasteiger partial charge on any atom is 0.278 e. The first-order valence-corrected chi connectivity index (χ1v) is 6.32. The minimum absolute atomic E-state index is 0.0262. The maximum atomic E-state index is 11.8. The molecule has 0 unspecified atom stereocenters. The van der Waals surface area contributed by atoms with E-state index in [0.29, 0.717) is 0 Å².